The van der Waals surface area contributed by atoms with E-state index in [-0.39, 0.29) is 5.92 Å². The number of primary amides is 1. The van der Waals surface area contributed by atoms with Crippen molar-refractivity contribution in [3.05, 3.63) is 30.1 Å². The lowest BCUT2D eigenvalue weighted by molar-refractivity contribution is -0.135. The lowest BCUT2D eigenvalue weighted by Gasteiger charge is -2.37. The van der Waals surface area contributed by atoms with Crippen LogP contribution in [0.15, 0.2) is 24.5 Å². The summed E-state index contributed by atoms with van der Waals surface area (Å²) >= 11 is 0. The summed E-state index contributed by atoms with van der Waals surface area (Å²) in [6.45, 7) is 3.13. The van der Waals surface area contributed by atoms with Gasteiger partial charge in [0, 0.05) is 55.3 Å². The van der Waals surface area contributed by atoms with Crippen LogP contribution in [0.25, 0.3) is 17.1 Å². The van der Waals surface area contributed by atoms with E-state index in [0.29, 0.717) is 5.91 Å². The number of nitrogens with two attached hydrogens (primary N) is 1. The van der Waals surface area contributed by atoms with Gasteiger partial charge in [0.05, 0.1) is 11.9 Å². The van der Waals surface area contributed by atoms with Crippen molar-refractivity contribution in [1.29, 1.82) is 0 Å². The number of fused-ring (bicyclic) bond motifs is 1. The van der Waals surface area contributed by atoms with Gasteiger partial charge >= 0.3 is 0 Å². The van der Waals surface area contributed by atoms with E-state index in [1.165, 1.54) is 18.9 Å². The summed E-state index contributed by atoms with van der Waals surface area (Å²) in [7, 11) is 0. The minimum Gasteiger partial charge on any atom is -0.367 e. The van der Waals surface area contributed by atoms with Crippen LogP contribution < -0.4 is 10.6 Å². The molecule has 0 aromatic carbocycles. The molecule has 1 aliphatic heterocycles. The molecule has 3 heterocycles. The van der Waals surface area contributed by atoms with Crippen LogP contribution in [0.2, 0.25) is 0 Å². The summed E-state index contributed by atoms with van der Waals surface area (Å²) in [6, 6.07) is 2.08. The third-order valence-corrected chi connectivity index (χ3v) is 5.64. The highest BCUT2D eigenvalue weighted by Crippen LogP contribution is 2.28. The quantitative estimate of drug-likeness (QED) is 0.807. The van der Waals surface area contributed by atoms with Crippen LogP contribution in [0.4, 0.5) is 5.69 Å². The van der Waals surface area contributed by atoms with Crippen LogP contribution in [0.5, 0.6) is 0 Å². The molecule has 1 aliphatic carbocycles. The van der Waals surface area contributed by atoms with Gasteiger partial charge in [-0.15, -0.1) is 0 Å². The van der Waals surface area contributed by atoms with Crippen LogP contribution in [-0.4, -0.2) is 52.9 Å². The van der Waals surface area contributed by atoms with E-state index in [1.807, 2.05) is 17.3 Å². The molecule has 27 heavy (non-hydrogen) atoms. The summed E-state index contributed by atoms with van der Waals surface area (Å²) in [5, 5.41) is 0.953. The van der Waals surface area contributed by atoms with E-state index in [9.17, 15) is 9.59 Å². The number of nitrogens with zero attached hydrogens (tertiary/aromatic N) is 3. The third kappa shape index (κ3) is 3.67. The normalized spacial score (nSPS) is 18.7. The van der Waals surface area contributed by atoms with Gasteiger partial charge in [0.15, 0.2) is 0 Å². The minimum absolute atomic E-state index is 0.244. The minimum atomic E-state index is -0.475. The van der Waals surface area contributed by atoms with E-state index in [1.54, 1.807) is 6.08 Å². The topological polar surface area (TPSA) is 95.3 Å². The molecule has 7 heteroatoms. The van der Waals surface area contributed by atoms with Crippen molar-refractivity contribution in [3.63, 3.8) is 0 Å². The van der Waals surface area contributed by atoms with Gasteiger partial charge in [-0.25, -0.2) is 4.98 Å². The van der Waals surface area contributed by atoms with Crippen molar-refractivity contribution in [3.8, 4) is 0 Å². The van der Waals surface area contributed by atoms with E-state index in [0.717, 1.165) is 61.3 Å². The molecule has 2 aromatic rings. The average Bonchev–Trinajstić information content (AvgIpc) is 3.35. The molecule has 0 bridgehead atoms. The maximum atomic E-state index is 12.6. The first-order valence-corrected chi connectivity index (χ1v) is 9.60. The average molecular weight is 367 g/mol. The Kier molecular flexibility index (Phi) is 4.83. The molecule has 1 saturated heterocycles. The van der Waals surface area contributed by atoms with Crippen LogP contribution in [0.3, 0.4) is 0 Å². The molecule has 2 fully saturated rings. The Bertz CT molecular complexity index is 874. The van der Waals surface area contributed by atoms with Gasteiger partial charge < -0.3 is 20.5 Å². The van der Waals surface area contributed by atoms with E-state index >= 15 is 0 Å². The molecular formula is C20H25N5O2. The fraction of sp³-hybridized carbons (Fsp3) is 0.450. The maximum Gasteiger partial charge on any atom is 0.241 e. The number of anilines is 1. The van der Waals surface area contributed by atoms with Gasteiger partial charge in [0.25, 0.3) is 0 Å². The predicted octanol–water partition coefficient (Wildman–Crippen LogP) is 1.90. The smallest absolute Gasteiger partial charge is 0.241 e. The van der Waals surface area contributed by atoms with Crippen molar-refractivity contribution in [2.75, 3.05) is 31.1 Å². The molecule has 142 valence electrons. The van der Waals surface area contributed by atoms with Gasteiger partial charge in [0.2, 0.25) is 11.8 Å². The first-order chi connectivity index (χ1) is 13.1. The summed E-state index contributed by atoms with van der Waals surface area (Å²) in [5.74, 6) is 0.107. The molecule has 0 spiro atoms. The van der Waals surface area contributed by atoms with Crippen molar-refractivity contribution in [1.82, 2.24) is 14.9 Å². The molecule has 2 amide bonds. The standard InChI is InChI=1S/C20H25N5O2/c21-18(26)6-5-15-12-22-19-17(15)11-16(13-23-19)24-7-9-25(10-8-24)20(27)14-3-1-2-4-14/h5-6,11-14H,1-4,7-10H2,(H2,21,26)(H,22,23)/b6-5+. The summed E-state index contributed by atoms with van der Waals surface area (Å²) < 4.78 is 0. The Balaban J connectivity index is 1.46. The SMILES string of the molecule is NC(=O)/C=C/c1c[nH]c2ncc(N3CCN(C(=O)C4CCCC4)CC3)cc12. The van der Waals surface area contributed by atoms with Crippen molar-refractivity contribution < 1.29 is 9.59 Å². The van der Waals surface area contributed by atoms with Crippen LogP contribution in [-0.2, 0) is 9.59 Å². The fourth-order valence-electron chi connectivity index (χ4n) is 4.11. The predicted molar refractivity (Wildman–Crippen MR) is 105 cm³/mol. The molecular weight excluding hydrogens is 342 g/mol. The molecule has 0 atom stereocenters. The molecule has 0 radical (unpaired) electrons. The van der Waals surface area contributed by atoms with Crippen molar-refractivity contribution in [2.45, 2.75) is 25.7 Å². The number of aromatic nitrogens is 2. The van der Waals surface area contributed by atoms with E-state index < -0.39 is 5.91 Å². The summed E-state index contributed by atoms with van der Waals surface area (Å²) in [6.07, 6.45) is 11.2. The van der Waals surface area contributed by atoms with Gasteiger partial charge in [-0.2, -0.15) is 0 Å². The molecule has 0 unspecified atom stereocenters. The van der Waals surface area contributed by atoms with Crippen molar-refractivity contribution in [2.24, 2.45) is 11.7 Å². The zero-order chi connectivity index (χ0) is 18.8. The van der Waals surface area contributed by atoms with Crippen LogP contribution in [0.1, 0.15) is 31.2 Å². The molecule has 7 nitrogen and oxygen atoms in total. The number of aromatic amines is 1. The van der Waals surface area contributed by atoms with E-state index in [2.05, 4.69) is 20.9 Å². The number of piperazine rings is 1. The third-order valence-electron chi connectivity index (χ3n) is 5.64. The second kappa shape index (κ2) is 7.42. The van der Waals surface area contributed by atoms with Crippen molar-refractivity contribution >= 4 is 34.6 Å². The van der Waals surface area contributed by atoms with Crippen LogP contribution >= 0.6 is 0 Å². The Labute approximate surface area is 158 Å². The monoisotopic (exact) mass is 367 g/mol. The number of pyridine rings is 1. The lowest BCUT2D eigenvalue weighted by Crippen LogP contribution is -2.50. The van der Waals surface area contributed by atoms with Gasteiger partial charge in [-0.1, -0.05) is 12.8 Å². The maximum absolute atomic E-state index is 12.6. The van der Waals surface area contributed by atoms with E-state index in [4.69, 9.17) is 5.73 Å². The molecule has 3 N–H and O–H groups in total. The Morgan fingerprint density at radius 2 is 1.93 bits per heavy atom. The Morgan fingerprint density at radius 1 is 1.19 bits per heavy atom. The Morgan fingerprint density at radius 3 is 2.63 bits per heavy atom. The number of hydrogen-bond acceptors (Lipinski definition) is 4. The molecule has 4 rings (SSSR count). The van der Waals surface area contributed by atoms with Gasteiger partial charge in [-0.3, -0.25) is 9.59 Å². The first kappa shape index (κ1) is 17.6. The highest BCUT2D eigenvalue weighted by molar-refractivity contribution is 5.95. The second-order valence-electron chi connectivity index (χ2n) is 7.36. The number of rotatable bonds is 4. The number of amides is 2. The van der Waals surface area contributed by atoms with Crippen LogP contribution in [0, 0.1) is 5.92 Å². The zero-order valence-electron chi connectivity index (χ0n) is 15.4. The number of H-pyrrole nitrogens is 1. The number of hydrogen-bond donors (Lipinski definition) is 2. The first-order valence-electron chi connectivity index (χ1n) is 9.60. The molecule has 2 aliphatic rings. The van der Waals surface area contributed by atoms with Gasteiger partial charge in [-0.05, 0) is 25.0 Å². The lowest BCUT2D eigenvalue weighted by atomic mass is 10.1. The fourth-order valence-corrected chi connectivity index (χ4v) is 4.11. The van der Waals surface area contributed by atoms with Gasteiger partial charge in [0.1, 0.15) is 5.65 Å². The number of carbonyl (C=O) groups is 2. The largest absolute Gasteiger partial charge is 0.367 e. The second-order valence-corrected chi connectivity index (χ2v) is 7.36. The highest BCUT2D eigenvalue weighted by Gasteiger charge is 2.29. The number of carbonyl (C=O) groups excluding carboxylic acids is 2. The highest BCUT2D eigenvalue weighted by atomic mass is 16.2. The zero-order valence-corrected chi connectivity index (χ0v) is 15.4. The molecule has 2 aromatic heterocycles. The summed E-state index contributed by atoms with van der Waals surface area (Å²) in [4.78, 5) is 35.5. The Hall–Kier alpha value is -2.83. The number of nitrogens with one attached hydrogen (secondary N) is 1. The molecule has 1 saturated carbocycles. The summed E-state index contributed by atoms with van der Waals surface area (Å²) in [5.41, 5.74) is 7.88.